The molecule has 68 valence electrons. The fraction of sp³-hybridized carbons (Fsp3) is 0.364. The number of isothiocyanates is 1. The third-order valence-electron chi connectivity index (χ3n) is 1.83. The van der Waals surface area contributed by atoms with Gasteiger partial charge >= 0.3 is 0 Å². The smallest absolute Gasteiger partial charge is 0.0695 e. The highest BCUT2D eigenvalue weighted by Crippen LogP contribution is 2.15. The molecule has 0 saturated heterocycles. The van der Waals surface area contributed by atoms with E-state index in [9.17, 15) is 0 Å². The number of benzene rings is 1. The first-order valence-electron chi connectivity index (χ1n) is 4.27. The zero-order chi connectivity index (χ0) is 9.73. The van der Waals surface area contributed by atoms with E-state index in [4.69, 9.17) is 0 Å². The van der Waals surface area contributed by atoms with E-state index < -0.39 is 0 Å². The van der Waals surface area contributed by atoms with Gasteiger partial charge in [0.05, 0.1) is 10.7 Å². The zero-order valence-corrected chi connectivity index (χ0v) is 8.77. The summed E-state index contributed by atoms with van der Waals surface area (Å²) in [6.45, 7) is 4.11. The van der Waals surface area contributed by atoms with Gasteiger partial charge in [-0.1, -0.05) is 30.3 Å². The van der Waals surface area contributed by atoms with Gasteiger partial charge in [0, 0.05) is 0 Å². The molecule has 0 unspecified atom stereocenters. The standard InChI is InChI=1S/C11H13NS/c1-11(2,12-9-13)8-10-6-4-3-5-7-10/h3-7H,8H2,1-2H3. The third kappa shape index (κ3) is 3.49. The Morgan fingerprint density at radius 1 is 1.31 bits per heavy atom. The van der Waals surface area contributed by atoms with Gasteiger partial charge in [0.2, 0.25) is 0 Å². The van der Waals surface area contributed by atoms with Crippen LogP contribution in [-0.2, 0) is 6.42 Å². The summed E-state index contributed by atoms with van der Waals surface area (Å²) < 4.78 is 0. The Kier molecular flexibility index (Phi) is 3.35. The van der Waals surface area contributed by atoms with E-state index in [1.54, 1.807) is 0 Å². The molecule has 0 bridgehead atoms. The Labute approximate surface area is 84.5 Å². The number of nitrogens with zero attached hydrogens (tertiary/aromatic N) is 1. The molecule has 13 heavy (non-hydrogen) atoms. The van der Waals surface area contributed by atoms with Crippen LogP contribution in [0.4, 0.5) is 0 Å². The average molecular weight is 191 g/mol. The van der Waals surface area contributed by atoms with Crippen molar-refractivity contribution in [1.82, 2.24) is 0 Å². The lowest BCUT2D eigenvalue weighted by Gasteiger charge is -2.17. The molecule has 0 spiro atoms. The molecule has 0 heterocycles. The fourth-order valence-corrected chi connectivity index (χ4v) is 1.51. The van der Waals surface area contributed by atoms with Crippen LogP contribution in [0, 0.1) is 0 Å². The van der Waals surface area contributed by atoms with Crippen molar-refractivity contribution in [3.8, 4) is 0 Å². The number of hydrogen-bond donors (Lipinski definition) is 0. The average Bonchev–Trinajstić information content (AvgIpc) is 2.04. The lowest BCUT2D eigenvalue weighted by molar-refractivity contribution is 0.524. The highest BCUT2D eigenvalue weighted by atomic mass is 32.1. The molecule has 1 aromatic carbocycles. The zero-order valence-electron chi connectivity index (χ0n) is 7.95. The second kappa shape index (κ2) is 4.31. The molecule has 0 aliphatic carbocycles. The molecule has 0 aromatic heterocycles. The Balaban J connectivity index is 2.74. The lowest BCUT2D eigenvalue weighted by atomic mass is 9.96. The van der Waals surface area contributed by atoms with Gasteiger partial charge in [-0.25, -0.2) is 4.99 Å². The number of thiocarbonyl (C=S) groups is 1. The molecule has 1 aromatic rings. The Bertz CT molecular complexity index is 310. The van der Waals surface area contributed by atoms with Crippen LogP contribution in [0.3, 0.4) is 0 Å². The molecule has 0 fully saturated rings. The van der Waals surface area contributed by atoms with Crippen LogP contribution in [0.25, 0.3) is 0 Å². The van der Waals surface area contributed by atoms with E-state index in [1.165, 1.54) is 5.56 Å². The maximum atomic E-state index is 4.60. The number of hydrogen-bond acceptors (Lipinski definition) is 2. The summed E-state index contributed by atoms with van der Waals surface area (Å²) in [5, 5.41) is 2.44. The van der Waals surface area contributed by atoms with E-state index in [-0.39, 0.29) is 5.54 Å². The van der Waals surface area contributed by atoms with Gasteiger partial charge < -0.3 is 0 Å². The van der Waals surface area contributed by atoms with Crippen molar-refractivity contribution in [3.05, 3.63) is 35.9 Å². The van der Waals surface area contributed by atoms with E-state index in [0.29, 0.717) is 0 Å². The molecule has 0 aliphatic heterocycles. The van der Waals surface area contributed by atoms with Crippen molar-refractivity contribution in [2.45, 2.75) is 25.8 Å². The van der Waals surface area contributed by atoms with Crippen molar-refractivity contribution in [2.24, 2.45) is 4.99 Å². The molecular formula is C11H13NS. The minimum absolute atomic E-state index is 0.136. The van der Waals surface area contributed by atoms with E-state index in [1.807, 2.05) is 18.2 Å². The second-order valence-electron chi connectivity index (χ2n) is 3.68. The van der Waals surface area contributed by atoms with Crippen LogP contribution in [0.1, 0.15) is 19.4 Å². The summed E-state index contributed by atoms with van der Waals surface area (Å²) in [5.74, 6) is 0. The van der Waals surface area contributed by atoms with Crippen LogP contribution in [0.15, 0.2) is 35.3 Å². The molecule has 0 N–H and O–H groups in total. The van der Waals surface area contributed by atoms with Crippen molar-refractivity contribution in [1.29, 1.82) is 0 Å². The van der Waals surface area contributed by atoms with Gasteiger partial charge in [0.15, 0.2) is 0 Å². The normalized spacial score (nSPS) is 10.6. The summed E-state index contributed by atoms with van der Waals surface area (Å²) in [6, 6.07) is 10.3. The van der Waals surface area contributed by atoms with E-state index in [2.05, 4.69) is 48.4 Å². The molecule has 1 nitrogen and oxygen atoms in total. The number of rotatable bonds is 3. The monoisotopic (exact) mass is 191 g/mol. The quantitative estimate of drug-likeness (QED) is 0.528. The summed E-state index contributed by atoms with van der Waals surface area (Å²) in [5.41, 5.74) is 1.14. The van der Waals surface area contributed by atoms with Crippen LogP contribution < -0.4 is 0 Å². The van der Waals surface area contributed by atoms with Crippen LogP contribution >= 0.6 is 12.2 Å². The van der Waals surface area contributed by atoms with E-state index >= 15 is 0 Å². The maximum absolute atomic E-state index is 4.60. The van der Waals surface area contributed by atoms with Crippen molar-refractivity contribution >= 4 is 17.4 Å². The van der Waals surface area contributed by atoms with Crippen molar-refractivity contribution < 1.29 is 0 Å². The highest BCUT2D eigenvalue weighted by molar-refractivity contribution is 7.78. The Morgan fingerprint density at radius 2 is 1.92 bits per heavy atom. The van der Waals surface area contributed by atoms with Crippen LogP contribution in [0.5, 0.6) is 0 Å². The van der Waals surface area contributed by atoms with Gasteiger partial charge in [-0.3, -0.25) is 0 Å². The minimum atomic E-state index is -0.136. The second-order valence-corrected chi connectivity index (χ2v) is 3.86. The SMILES string of the molecule is CC(C)(Cc1ccccc1)N=C=S. The first-order chi connectivity index (χ1) is 6.14. The molecule has 0 amide bonds. The largest absolute Gasteiger partial charge is 0.226 e. The molecule has 1 rings (SSSR count). The van der Waals surface area contributed by atoms with Gasteiger partial charge in [0.25, 0.3) is 0 Å². The molecule has 0 atom stereocenters. The predicted molar refractivity (Wildman–Crippen MR) is 59.3 cm³/mol. The fourth-order valence-electron chi connectivity index (χ4n) is 1.26. The summed E-state index contributed by atoms with van der Waals surface area (Å²) in [4.78, 5) is 4.12. The molecule has 0 radical (unpaired) electrons. The topological polar surface area (TPSA) is 12.4 Å². The maximum Gasteiger partial charge on any atom is 0.0695 e. The third-order valence-corrected chi connectivity index (χ3v) is 1.92. The first kappa shape index (κ1) is 10.1. The van der Waals surface area contributed by atoms with Crippen molar-refractivity contribution in [3.63, 3.8) is 0 Å². The summed E-state index contributed by atoms with van der Waals surface area (Å²) in [6.07, 6.45) is 0.900. The predicted octanol–water partition coefficient (Wildman–Crippen LogP) is 3.11. The summed E-state index contributed by atoms with van der Waals surface area (Å²) in [7, 11) is 0. The van der Waals surface area contributed by atoms with Crippen LogP contribution in [-0.4, -0.2) is 10.7 Å². The Hall–Kier alpha value is -0.980. The Morgan fingerprint density at radius 3 is 2.46 bits per heavy atom. The van der Waals surface area contributed by atoms with Gasteiger partial charge in [-0.05, 0) is 38.0 Å². The van der Waals surface area contributed by atoms with Gasteiger partial charge in [-0.15, -0.1) is 0 Å². The minimum Gasteiger partial charge on any atom is -0.226 e. The lowest BCUT2D eigenvalue weighted by Crippen LogP contribution is -2.19. The van der Waals surface area contributed by atoms with Gasteiger partial charge in [0.1, 0.15) is 0 Å². The highest BCUT2D eigenvalue weighted by Gasteiger charge is 2.15. The molecule has 2 heteroatoms. The molecular weight excluding hydrogens is 178 g/mol. The van der Waals surface area contributed by atoms with Crippen LogP contribution in [0.2, 0.25) is 0 Å². The van der Waals surface area contributed by atoms with Crippen molar-refractivity contribution in [2.75, 3.05) is 0 Å². The van der Waals surface area contributed by atoms with E-state index in [0.717, 1.165) is 6.42 Å². The van der Waals surface area contributed by atoms with Gasteiger partial charge in [-0.2, -0.15) is 0 Å². The first-order valence-corrected chi connectivity index (χ1v) is 4.68. The molecule has 0 saturated carbocycles. The number of aliphatic imine (C=N–C) groups is 1. The molecule has 0 aliphatic rings. The summed E-state index contributed by atoms with van der Waals surface area (Å²) >= 11 is 4.60.